The molecule has 2 amide bonds. The lowest BCUT2D eigenvalue weighted by Gasteiger charge is -2.25. The average molecular weight is 390 g/mol. The Morgan fingerprint density at radius 2 is 1.78 bits per heavy atom. The molecular formula is C20H24ClN3O3. The van der Waals surface area contributed by atoms with Crippen LogP contribution >= 0.6 is 12.4 Å². The first-order chi connectivity index (χ1) is 12.7. The van der Waals surface area contributed by atoms with Crippen molar-refractivity contribution >= 4 is 24.2 Å². The zero-order valence-electron chi connectivity index (χ0n) is 15.2. The van der Waals surface area contributed by atoms with Gasteiger partial charge in [-0.25, -0.2) is 0 Å². The molecule has 7 heteroatoms. The molecule has 1 atom stereocenters. The monoisotopic (exact) mass is 389 g/mol. The van der Waals surface area contributed by atoms with Gasteiger partial charge in [0.1, 0.15) is 5.75 Å². The summed E-state index contributed by atoms with van der Waals surface area (Å²) in [5.74, 6) is 0.401. The van der Waals surface area contributed by atoms with Crippen molar-refractivity contribution in [2.24, 2.45) is 0 Å². The highest BCUT2D eigenvalue weighted by Crippen LogP contribution is 2.16. The minimum Gasteiger partial charge on any atom is -0.497 e. The Bertz CT molecular complexity index is 780. The minimum atomic E-state index is -0.306. The second-order valence-electron chi connectivity index (χ2n) is 6.25. The van der Waals surface area contributed by atoms with E-state index in [1.165, 1.54) is 11.1 Å². The van der Waals surface area contributed by atoms with Crippen LogP contribution in [0.5, 0.6) is 5.75 Å². The standard InChI is InChI=1S/C20H23N3O3.ClH/c1-26-17-8-6-14(7-9-17)11-22-19(24)13-23-20(25)18-10-15-4-2-3-5-16(15)12-21-18;/h2-9,18,21H,10-13H2,1H3,(H,22,24)(H,23,25);1H. The van der Waals surface area contributed by atoms with Gasteiger partial charge in [0.15, 0.2) is 0 Å². The highest BCUT2D eigenvalue weighted by molar-refractivity contribution is 5.87. The maximum absolute atomic E-state index is 12.3. The summed E-state index contributed by atoms with van der Waals surface area (Å²) in [6.45, 7) is 1.04. The lowest BCUT2D eigenvalue weighted by Crippen LogP contribution is -2.49. The van der Waals surface area contributed by atoms with Crippen LogP contribution in [0.25, 0.3) is 0 Å². The van der Waals surface area contributed by atoms with E-state index in [1.807, 2.05) is 42.5 Å². The summed E-state index contributed by atoms with van der Waals surface area (Å²) in [7, 11) is 1.61. The van der Waals surface area contributed by atoms with Crippen molar-refractivity contribution in [1.82, 2.24) is 16.0 Å². The van der Waals surface area contributed by atoms with Crippen molar-refractivity contribution in [2.45, 2.75) is 25.6 Å². The van der Waals surface area contributed by atoms with Gasteiger partial charge < -0.3 is 20.7 Å². The molecule has 1 aliphatic heterocycles. The fourth-order valence-electron chi connectivity index (χ4n) is 2.94. The maximum atomic E-state index is 12.3. The molecule has 3 rings (SSSR count). The third-order valence-electron chi connectivity index (χ3n) is 4.47. The molecule has 0 radical (unpaired) electrons. The van der Waals surface area contributed by atoms with Crippen LogP contribution in [0.15, 0.2) is 48.5 Å². The molecule has 2 aromatic rings. The van der Waals surface area contributed by atoms with Crippen molar-refractivity contribution in [2.75, 3.05) is 13.7 Å². The summed E-state index contributed by atoms with van der Waals surface area (Å²) in [6.07, 6.45) is 0.634. The lowest BCUT2D eigenvalue weighted by atomic mass is 9.95. The quantitative estimate of drug-likeness (QED) is 0.700. The first kappa shape index (κ1) is 20.7. The van der Waals surface area contributed by atoms with E-state index in [4.69, 9.17) is 4.74 Å². The zero-order valence-corrected chi connectivity index (χ0v) is 16.0. The Morgan fingerprint density at radius 3 is 2.48 bits per heavy atom. The number of benzene rings is 2. The molecule has 0 saturated carbocycles. The van der Waals surface area contributed by atoms with Gasteiger partial charge >= 0.3 is 0 Å². The van der Waals surface area contributed by atoms with Crippen LogP contribution in [0, 0.1) is 0 Å². The molecule has 2 aromatic carbocycles. The molecular weight excluding hydrogens is 366 g/mol. The predicted octanol–water partition coefficient (Wildman–Crippen LogP) is 1.56. The van der Waals surface area contributed by atoms with E-state index in [2.05, 4.69) is 22.0 Å². The maximum Gasteiger partial charge on any atom is 0.239 e. The number of carbonyl (C=O) groups excluding carboxylic acids is 2. The summed E-state index contributed by atoms with van der Waals surface area (Å²) < 4.78 is 5.10. The fraction of sp³-hybridized carbons (Fsp3) is 0.300. The zero-order chi connectivity index (χ0) is 18.4. The van der Waals surface area contributed by atoms with Gasteiger partial charge in [0.05, 0.1) is 19.7 Å². The van der Waals surface area contributed by atoms with Crippen LogP contribution in [-0.2, 0) is 29.1 Å². The molecule has 6 nitrogen and oxygen atoms in total. The molecule has 144 valence electrons. The Morgan fingerprint density at radius 1 is 1.07 bits per heavy atom. The van der Waals surface area contributed by atoms with Crippen LogP contribution < -0.4 is 20.7 Å². The lowest BCUT2D eigenvalue weighted by molar-refractivity contribution is -0.127. The first-order valence-corrected chi connectivity index (χ1v) is 8.63. The number of methoxy groups -OCH3 is 1. The number of hydrogen-bond donors (Lipinski definition) is 3. The van der Waals surface area contributed by atoms with Gasteiger partial charge in [0.2, 0.25) is 11.8 Å². The predicted molar refractivity (Wildman–Crippen MR) is 106 cm³/mol. The van der Waals surface area contributed by atoms with Crippen molar-refractivity contribution in [1.29, 1.82) is 0 Å². The van der Waals surface area contributed by atoms with Gasteiger partial charge in [-0.05, 0) is 35.2 Å². The first-order valence-electron chi connectivity index (χ1n) is 8.63. The van der Waals surface area contributed by atoms with E-state index in [-0.39, 0.29) is 36.8 Å². The molecule has 0 aromatic heterocycles. The SMILES string of the molecule is COc1ccc(CNC(=O)CNC(=O)C2Cc3ccccc3CN2)cc1.Cl. The third kappa shape index (κ3) is 5.70. The van der Waals surface area contributed by atoms with Crippen LogP contribution in [0.1, 0.15) is 16.7 Å². The van der Waals surface area contributed by atoms with Gasteiger partial charge in [-0.15, -0.1) is 12.4 Å². The van der Waals surface area contributed by atoms with E-state index in [0.29, 0.717) is 19.5 Å². The second-order valence-corrected chi connectivity index (χ2v) is 6.25. The van der Waals surface area contributed by atoms with Gasteiger partial charge in [-0.1, -0.05) is 36.4 Å². The summed E-state index contributed by atoms with van der Waals surface area (Å²) in [4.78, 5) is 24.2. The second kappa shape index (κ2) is 9.94. The highest BCUT2D eigenvalue weighted by atomic mass is 35.5. The third-order valence-corrected chi connectivity index (χ3v) is 4.47. The van der Waals surface area contributed by atoms with E-state index >= 15 is 0 Å². The van der Waals surface area contributed by atoms with E-state index in [0.717, 1.165) is 11.3 Å². The minimum absolute atomic E-state index is 0. The molecule has 0 spiro atoms. The van der Waals surface area contributed by atoms with Crippen LogP contribution in [0.2, 0.25) is 0 Å². The van der Waals surface area contributed by atoms with Crippen molar-refractivity contribution in [3.63, 3.8) is 0 Å². The van der Waals surface area contributed by atoms with E-state index < -0.39 is 0 Å². The Labute approximate surface area is 165 Å². The summed E-state index contributed by atoms with van der Waals surface area (Å²) in [6, 6.07) is 15.2. The van der Waals surface area contributed by atoms with Crippen molar-refractivity contribution in [3.8, 4) is 5.75 Å². The van der Waals surface area contributed by atoms with Crippen LogP contribution in [-0.4, -0.2) is 31.5 Å². The highest BCUT2D eigenvalue weighted by Gasteiger charge is 2.23. The van der Waals surface area contributed by atoms with Crippen molar-refractivity contribution < 1.29 is 14.3 Å². The molecule has 3 N–H and O–H groups in total. The molecule has 0 saturated heterocycles. The summed E-state index contributed by atoms with van der Waals surface area (Å²) in [5, 5.41) is 8.71. The Kier molecular flexibility index (Phi) is 7.64. The molecule has 0 fully saturated rings. The average Bonchev–Trinajstić information content (AvgIpc) is 2.70. The van der Waals surface area contributed by atoms with E-state index in [9.17, 15) is 9.59 Å². The van der Waals surface area contributed by atoms with Crippen molar-refractivity contribution in [3.05, 3.63) is 65.2 Å². The van der Waals surface area contributed by atoms with Gasteiger partial charge in [-0.3, -0.25) is 9.59 Å². The smallest absolute Gasteiger partial charge is 0.239 e. The number of halogens is 1. The molecule has 0 aliphatic carbocycles. The summed E-state index contributed by atoms with van der Waals surface area (Å²) in [5.41, 5.74) is 3.36. The van der Waals surface area contributed by atoms with Crippen LogP contribution in [0.4, 0.5) is 0 Å². The fourth-order valence-corrected chi connectivity index (χ4v) is 2.94. The molecule has 1 heterocycles. The molecule has 1 aliphatic rings. The number of ether oxygens (including phenoxy) is 1. The number of hydrogen-bond acceptors (Lipinski definition) is 4. The van der Waals surface area contributed by atoms with Gasteiger partial charge in [0, 0.05) is 13.1 Å². The van der Waals surface area contributed by atoms with Gasteiger partial charge in [-0.2, -0.15) is 0 Å². The number of amides is 2. The van der Waals surface area contributed by atoms with E-state index in [1.54, 1.807) is 7.11 Å². The molecule has 1 unspecified atom stereocenters. The summed E-state index contributed by atoms with van der Waals surface area (Å²) >= 11 is 0. The number of nitrogens with one attached hydrogen (secondary N) is 3. The topological polar surface area (TPSA) is 79.5 Å². The Hall–Kier alpha value is -2.57. The normalized spacial score (nSPS) is 15.1. The molecule has 27 heavy (non-hydrogen) atoms. The number of carbonyl (C=O) groups is 2. The Balaban J connectivity index is 0.00000261. The van der Waals surface area contributed by atoms with Gasteiger partial charge in [0.25, 0.3) is 0 Å². The molecule has 0 bridgehead atoms. The number of fused-ring (bicyclic) bond motifs is 1. The largest absolute Gasteiger partial charge is 0.497 e. The number of rotatable bonds is 6. The van der Waals surface area contributed by atoms with Crippen LogP contribution in [0.3, 0.4) is 0 Å².